The first-order valence-corrected chi connectivity index (χ1v) is 7.93. The van der Waals surface area contributed by atoms with Crippen molar-refractivity contribution in [2.75, 3.05) is 5.32 Å². The molecule has 6 heteroatoms. The summed E-state index contributed by atoms with van der Waals surface area (Å²) in [6.07, 6.45) is 6.07. The van der Waals surface area contributed by atoms with Gasteiger partial charge in [-0.1, -0.05) is 25.6 Å². The minimum atomic E-state index is -0.388. The van der Waals surface area contributed by atoms with E-state index in [2.05, 4.69) is 10.3 Å². The van der Waals surface area contributed by atoms with Gasteiger partial charge in [0.15, 0.2) is 5.13 Å². The third kappa shape index (κ3) is 3.51. The summed E-state index contributed by atoms with van der Waals surface area (Å²) >= 11 is 6.55. The topological polar surface area (TPSA) is 68.0 Å². The van der Waals surface area contributed by atoms with Crippen LogP contribution in [0.15, 0.2) is 0 Å². The zero-order chi connectivity index (χ0) is 13.8. The van der Waals surface area contributed by atoms with Crippen LogP contribution in [-0.2, 0) is 17.6 Å². The van der Waals surface area contributed by atoms with Crippen molar-refractivity contribution >= 4 is 39.6 Å². The van der Waals surface area contributed by atoms with Gasteiger partial charge in [-0.15, -0.1) is 11.3 Å². The van der Waals surface area contributed by atoms with Gasteiger partial charge in [-0.25, -0.2) is 4.98 Å². The summed E-state index contributed by atoms with van der Waals surface area (Å²) in [4.78, 5) is 18.2. The number of thiazole rings is 1. The molecule has 4 nitrogen and oxygen atoms in total. The van der Waals surface area contributed by atoms with Gasteiger partial charge in [0.25, 0.3) is 0 Å². The Kier molecular flexibility index (Phi) is 4.87. The third-order valence-electron chi connectivity index (χ3n) is 3.31. The Morgan fingerprint density at radius 1 is 1.53 bits per heavy atom. The molecule has 104 valence electrons. The van der Waals surface area contributed by atoms with E-state index in [0.29, 0.717) is 11.6 Å². The van der Waals surface area contributed by atoms with E-state index in [9.17, 15) is 4.79 Å². The van der Waals surface area contributed by atoms with Crippen molar-refractivity contribution in [3.05, 3.63) is 10.6 Å². The van der Waals surface area contributed by atoms with E-state index >= 15 is 0 Å². The molecule has 1 aromatic heterocycles. The van der Waals surface area contributed by atoms with Crippen LogP contribution in [-0.4, -0.2) is 15.9 Å². The van der Waals surface area contributed by atoms with Crippen LogP contribution >= 0.6 is 23.6 Å². The number of aryl methyl sites for hydroxylation is 2. The molecule has 0 radical (unpaired) electrons. The molecule has 1 heterocycles. The highest BCUT2D eigenvalue weighted by Crippen LogP contribution is 2.29. The summed E-state index contributed by atoms with van der Waals surface area (Å²) in [5, 5.41) is 3.56. The fourth-order valence-corrected chi connectivity index (χ4v) is 3.57. The van der Waals surface area contributed by atoms with Crippen molar-refractivity contribution in [1.29, 1.82) is 0 Å². The van der Waals surface area contributed by atoms with Gasteiger partial charge in [0, 0.05) is 4.88 Å². The molecule has 3 N–H and O–H groups in total. The summed E-state index contributed by atoms with van der Waals surface area (Å²) in [6.45, 7) is 2.01. The molecule has 0 bridgehead atoms. The Hall–Kier alpha value is -1.01. The van der Waals surface area contributed by atoms with Crippen LogP contribution in [0.1, 0.15) is 43.2 Å². The number of rotatable bonds is 5. The van der Waals surface area contributed by atoms with Crippen LogP contribution in [0.4, 0.5) is 5.13 Å². The fraction of sp³-hybridized carbons (Fsp3) is 0.615. The molecule has 1 aromatic rings. The Labute approximate surface area is 122 Å². The number of nitrogens with zero attached hydrogens (tertiary/aromatic N) is 1. The number of hydrogen-bond donors (Lipinski definition) is 2. The van der Waals surface area contributed by atoms with Gasteiger partial charge in [0.05, 0.1) is 16.6 Å². The molecule has 0 saturated carbocycles. The van der Waals surface area contributed by atoms with Gasteiger partial charge < -0.3 is 11.1 Å². The van der Waals surface area contributed by atoms with Gasteiger partial charge in [-0.05, 0) is 32.1 Å². The van der Waals surface area contributed by atoms with Gasteiger partial charge >= 0.3 is 0 Å². The lowest BCUT2D eigenvalue weighted by Gasteiger charge is -2.12. The number of nitrogens with two attached hydrogens (primary N) is 1. The second kappa shape index (κ2) is 6.43. The fourth-order valence-electron chi connectivity index (χ4n) is 2.29. The van der Waals surface area contributed by atoms with E-state index in [1.54, 1.807) is 11.3 Å². The predicted octanol–water partition coefficient (Wildman–Crippen LogP) is 2.66. The maximum absolute atomic E-state index is 12.1. The van der Waals surface area contributed by atoms with Gasteiger partial charge in [-0.2, -0.15) is 0 Å². The number of thiocarbonyl (C=S) groups is 1. The van der Waals surface area contributed by atoms with Crippen LogP contribution in [0.5, 0.6) is 0 Å². The second-order valence-corrected chi connectivity index (χ2v) is 6.38. The molecule has 1 amide bonds. The maximum atomic E-state index is 12.1. The standard InChI is InChI=1S/C13H19N3OS2/c1-2-5-8(11(14)18)12(17)16-13-15-9-6-3-4-7-10(9)19-13/h8H,2-7H2,1H3,(H2,14,18)(H,15,16,17). The van der Waals surface area contributed by atoms with Crippen LogP contribution in [0.3, 0.4) is 0 Å². The number of carbonyl (C=O) groups is 1. The van der Waals surface area contributed by atoms with E-state index in [0.717, 1.165) is 25.0 Å². The van der Waals surface area contributed by atoms with E-state index in [1.165, 1.54) is 17.7 Å². The SMILES string of the molecule is CCCC(C(=O)Nc1nc2c(s1)CCCC2)C(N)=S. The Bertz CT molecular complexity index is 461. The zero-order valence-corrected chi connectivity index (χ0v) is 12.7. The third-order valence-corrected chi connectivity index (χ3v) is 4.67. The lowest BCUT2D eigenvalue weighted by atomic mass is 10.0. The van der Waals surface area contributed by atoms with Gasteiger partial charge in [0.1, 0.15) is 0 Å². The average Bonchev–Trinajstić information content (AvgIpc) is 2.77. The molecule has 0 spiro atoms. The molecule has 2 rings (SSSR count). The molecule has 1 unspecified atom stereocenters. The first-order chi connectivity index (χ1) is 9.11. The molecule has 1 atom stereocenters. The maximum Gasteiger partial charge on any atom is 0.236 e. The summed E-state index contributed by atoms with van der Waals surface area (Å²) in [7, 11) is 0. The number of carbonyl (C=O) groups excluding carboxylic acids is 1. The van der Waals surface area contributed by atoms with Gasteiger partial charge in [-0.3, -0.25) is 4.79 Å². The Morgan fingerprint density at radius 2 is 2.26 bits per heavy atom. The van der Waals surface area contributed by atoms with Crippen LogP contribution in [0.25, 0.3) is 0 Å². The Balaban J connectivity index is 2.05. The lowest BCUT2D eigenvalue weighted by Crippen LogP contribution is -2.33. The quantitative estimate of drug-likeness (QED) is 0.820. The minimum Gasteiger partial charge on any atom is -0.393 e. The van der Waals surface area contributed by atoms with Crippen LogP contribution in [0.2, 0.25) is 0 Å². The first kappa shape index (κ1) is 14.4. The van der Waals surface area contributed by atoms with Gasteiger partial charge in [0.2, 0.25) is 5.91 Å². The summed E-state index contributed by atoms with van der Waals surface area (Å²) in [6, 6.07) is 0. The Morgan fingerprint density at radius 3 is 2.89 bits per heavy atom. The number of fused-ring (bicyclic) bond motifs is 1. The van der Waals surface area contributed by atoms with Crippen molar-refractivity contribution < 1.29 is 4.79 Å². The first-order valence-electron chi connectivity index (χ1n) is 6.70. The molecule has 0 aromatic carbocycles. The molecule has 0 aliphatic heterocycles. The second-order valence-electron chi connectivity index (χ2n) is 4.83. The molecule has 1 aliphatic carbocycles. The van der Waals surface area contributed by atoms with E-state index < -0.39 is 0 Å². The molecular formula is C13H19N3OS2. The summed E-state index contributed by atoms with van der Waals surface area (Å²) in [5.74, 6) is -0.513. The van der Waals surface area contributed by atoms with E-state index in [1.807, 2.05) is 6.92 Å². The number of anilines is 1. The minimum absolute atomic E-state index is 0.125. The largest absolute Gasteiger partial charge is 0.393 e. The molecule has 0 saturated heterocycles. The van der Waals surface area contributed by atoms with E-state index in [-0.39, 0.29) is 16.8 Å². The lowest BCUT2D eigenvalue weighted by molar-refractivity contribution is -0.118. The number of amides is 1. The van der Waals surface area contributed by atoms with Crippen molar-refractivity contribution in [2.24, 2.45) is 11.7 Å². The molecule has 1 aliphatic rings. The average molecular weight is 297 g/mol. The van der Waals surface area contributed by atoms with Crippen molar-refractivity contribution in [3.8, 4) is 0 Å². The monoisotopic (exact) mass is 297 g/mol. The molecule has 19 heavy (non-hydrogen) atoms. The number of hydrogen-bond acceptors (Lipinski definition) is 4. The molecular weight excluding hydrogens is 278 g/mol. The number of nitrogens with one attached hydrogen (secondary N) is 1. The van der Waals surface area contributed by atoms with Crippen LogP contribution < -0.4 is 11.1 Å². The van der Waals surface area contributed by atoms with Crippen molar-refractivity contribution in [3.63, 3.8) is 0 Å². The van der Waals surface area contributed by atoms with E-state index in [4.69, 9.17) is 18.0 Å². The smallest absolute Gasteiger partial charge is 0.236 e. The highest BCUT2D eigenvalue weighted by molar-refractivity contribution is 7.80. The zero-order valence-electron chi connectivity index (χ0n) is 11.1. The van der Waals surface area contributed by atoms with Crippen LogP contribution in [0, 0.1) is 5.92 Å². The highest BCUT2D eigenvalue weighted by Gasteiger charge is 2.22. The van der Waals surface area contributed by atoms with Crippen molar-refractivity contribution in [1.82, 2.24) is 4.98 Å². The highest BCUT2D eigenvalue weighted by atomic mass is 32.1. The number of aromatic nitrogens is 1. The molecule has 0 fully saturated rings. The summed E-state index contributed by atoms with van der Waals surface area (Å²) < 4.78 is 0. The normalized spacial score (nSPS) is 15.6. The predicted molar refractivity (Wildman–Crippen MR) is 82.6 cm³/mol. The van der Waals surface area contributed by atoms with Crippen molar-refractivity contribution in [2.45, 2.75) is 45.4 Å². The summed E-state index contributed by atoms with van der Waals surface area (Å²) in [5.41, 5.74) is 6.78.